The van der Waals surface area contributed by atoms with Crippen molar-refractivity contribution in [2.75, 3.05) is 13.7 Å². The van der Waals surface area contributed by atoms with E-state index >= 15 is 0 Å². The van der Waals surface area contributed by atoms with Crippen LogP contribution in [0.2, 0.25) is 0 Å². The Morgan fingerprint density at radius 1 is 1.21 bits per heavy atom. The average molecular weight is 358 g/mol. The lowest BCUT2D eigenvalue weighted by Gasteiger charge is -2.18. The summed E-state index contributed by atoms with van der Waals surface area (Å²) in [5.74, 6) is 0.779. The molecule has 0 N–H and O–H groups in total. The Morgan fingerprint density at radius 3 is 2.62 bits per heavy atom. The van der Waals surface area contributed by atoms with Gasteiger partial charge >= 0.3 is 0 Å². The fourth-order valence-electron chi connectivity index (χ4n) is 2.32. The third kappa shape index (κ3) is 3.66. The molecule has 0 atom stereocenters. The number of amides is 1. The van der Waals surface area contributed by atoms with Crippen LogP contribution in [0.1, 0.15) is 22.3 Å². The normalized spacial score (nSPS) is 10.6. The second-order valence-corrected chi connectivity index (χ2v) is 7.06. The number of nitrogens with zero attached hydrogens (tertiary/aromatic N) is 2. The highest BCUT2D eigenvalue weighted by molar-refractivity contribution is 7.13. The highest BCUT2D eigenvalue weighted by Crippen LogP contribution is 2.26. The summed E-state index contributed by atoms with van der Waals surface area (Å²) in [6, 6.07) is 11.7. The van der Waals surface area contributed by atoms with Gasteiger partial charge in [0.25, 0.3) is 5.91 Å². The van der Waals surface area contributed by atoms with Gasteiger partial charge in [-0.1, -0.05) is 6.07 Å². The Kier molecular flexibility index (Phi) is 5.27. The van der Waals surface area contributed by atoms with Crippen molar-refractivity contribution in [1.29, 1.82) is 0 Å². The van der Waals surface area contributed by atoms with Crippen molar-refractivity contribution in [1.82, 2.24) is 9.88 Å². The third-order valence-electron chi connectivity index (χ3n) is 3.66. The molecule has 0 bridgehead atoms. The van der Waals surface area contributed by atoms with Crippen LogP contribution in [-0.2, 0) is 6.54 Å². The molecule has 0 saturated carbocycles. The van der Waals surface area contributed by atoms with E-state index in [4.69, 9.17) is 4.74 Å². The van der Waals surface area contributed by atoms with Crippen LogP contribution in [0.4, 0.5) is 0 Å². The van der Waals surface area contributed by atoms with Gasteiger partial charge in [-0.15, -0.1) is 22.7 Å². The number of ether oxygens (including phenoxy) is 1. The van der Waals surface area contributed by atoms with Crippen LogP contribution >= 0.6 is 22.7 Å². The van der Waals surface area contributed by atoms with Gasteiger partial charge in [0.2, 0.25) is 0 Å². The number of benzene rings is 1. The number of thiazole rings is 1. The molecule has 2 aromatic heterocycles. The molecular formula is C18H18N2O2S2. The van der Waals surface area contributed by atoms with Crippen LogP contribution in [0.15, 0.2) is 47.2 Å². The zero-order valence-electron chi connectivity index (χ0n) is 13.6. The van der Waals surface area contributed by atoms with Crippen LogP contribution in [0.25, 0.3) is 10.6 Å². The van der Waals surface area contributed by atoms with Crippen LogP contribution in [0.3, 0.4) is 0 Å². The van der Waals surface area contributed by atoms with Gasteiger partial charge in [0.15, 0.2) is 0 Å². The summed E-state index contributed by atoms with van der Waals surface area (Å²) in [5, 5.41) is 4.70. The van der Waals surface area contributed by atoms with Crippen LogP contribution in [0, 0.1) is 0 Å². The Hall–Kier alpha value is -2.18. The fourth-order valence-corrected chi connectivity index (χ4v) is 3.84. The van der Waals surface area contributed by atoms with Crippen molar-refractivity contribution in [3.63, 3.8) is 0 Å². The number of thiophene rings is 1. The quantitative estimate of drug-likeness (QED) is 0.649. The predicted octanol–water partition coefficient (Wildman–Crippen LogP) is 4.54. The third-order valence-corrected chi connectivity index (χ3v) is 5.41. The maximum atomic E-state index is 12.7. The summed E-state index contributed by atoms with van der Waals surface area (Å²) < 4.78 is 5.17. The first-order valence-corrected chi connectivity index (χ1v) is 9.38. The number of methoxy groups -OCH3 is 1. The molecule has 24 heavy (non-hydrogen) atoms. The molecule has 3 rings (SSSR count). The highest BCUT2D eigenvalue weighted by atomic mass is 32.1. The van der Waals surface area contributed by atoms with Gasteiger partial charge in [-0.25, -0.2) is 4.98 Å². The van der Waals surface area contributed by atoms with Crippen LogP contribution in [-0.4, -0.2) is 29.4 Å². The molecular weight excluding hydrogens is 340 g/mol. The van der Waals surface area contributed by atoms with E-state index in [0.717, 1.165) is 16.3 Å². The number of hydrogen-bond donors (Lipinski definition) is 0. The number of aromatic nitrogens is 1. The summed E-state index contributed by atoms with van der Waals surface area (Å²) in [4.78, 5) is 20.2. The second-order valence-electron chi connectivity index (χ2n) is 5.17. The Morgan fingerprint density at radius 2 is 2.00 bits per heavy atom. The molecule has 0 aliphatic carbocycles. The summed E-state index contributed by atoms with van der Waals surface area (Å²) in [6.07, 6.45) is 0. The van der Waals surface area contributed by atoms with E-state index in [0.29, 0.717) is 18.8 Å². The molecule has 0 aliphatic heterocycles. The van der Waals surface area contributed by atoms with E-state index in [1.54, 1.807) is 18.4 Å². The second kappa shape index (κ2) is 7.59. The van der Waals surface area contributed by atoms with E-state index in [1.807, 2.05) is 59.0 Å². The van der Waals surface area contributed by atoms with Gasteiger partial charge in [0.1, 0.15) is 16.5 Å². The molecule has 3 aromatic rings. The molecule has 1 amide bonds. The zero-order valence-corrected chi connectivity index (χ0v) is 15.2. The summed E-state index contributed by atoms with van der Waals surface area (Å²) in [5.41, 5.74) is 1.49. The number of carbonyl (C=O) groups excluding carboxylic acids is 1. The minimum atomic E-state index is -0.0260. The number of hydrogen-bond acceptors (Lipinski definition) is 5. The van der Waals surface area contributed by atoms with Crippen molar-refractivity contribution in [2.24, 2.45) is 0 Å². The van der Waals surface area contributed by atoms with Crippen molar-refractivity contribution in [3.05, 3.63) is 57.7 Å². The van der Waals surface area contributed by atoms with Crippen molar-refractivity contribution < 1.29 is 9.53 Å². The monoisotopic (exact) mass is 358 g/mol. The van der Waals surface area contributed by atoms with Crippen LogP contribution in [0.5, 0.6) is 5.75 Å². The maximum Gasteiger partial charge on any atom is 0.273 e. The van der Waals surface area contributed by atoms with Gasteiger partial charge in [-0.05, 0) is 42.6 Å². The molecule has 124 valence electrons. The largest absolute Gasteiger partial charge is 0.497 e. The van der Waals surface area contributed by atoms with E-state index < -0.39 is 0 Å². The topological polar surface area (TPSA) is 42.4 Å². The van der Waals surface area contributed by atoms with E-state index in [-0.39, 0.29) is 5.91 Å². The van der Waals surface area contributed by atoms with E-state index in [9.17, 15) is 4.79 Å². The fraction of sp³-hybridized carbons (Fsp3) is 0.222. The molecule has 0 unspecified atom stereocenters. The predicted molar refractivity (Wildman–Crippen MR) is 98.8 cm³/mol. The van der Waals surface area contributed by atoms with Crippen molar-refractivity contribution in [2.45, 2.75) is 13.5 Å². The lowest BCUT2D eigenvalue weighted by molar-refractivity contribution is 0.0749. The molecule has 4 nitrogen and oxygen atoms in total. The molecule has 0 fully saturated rings. The van der Waals surface area contributed by atoms with Gasteiger partial charge in [-0.2, -0.15) is 0 Å². The van der Waals surface area contributed by atoms with Gasteiger partial charge in [0.05, 0.1) is 13.7 Å². The molecule has 0 radical (unpaired) electrons. The van der Waals surface area contributed by atoms with E-state index in [1.165, 1.54) is 16.2 Å². The Balaban J connectivity index is 1.76. The minimum Gasteiger partial charge on any atom is -0.497 e. The molecule has 1 aromatic carbocycles. The standard InChI is InChI=1S/C18H18N2O2S2/c1-3-20(11-15-5-4-10-23-15)18(21)16-12-24-17(19-16)13-6-8-14(22-2)9-7-13/h4-10,12H,3,11H2,1-2H3. The maximum absolute atomic E-state index is 12.7. The summed E-state index contributed by atoms with van der Waals surface area (Å²) >= 11 is 3.14. The van der Waals surface area contributed by atoms with Gasteiger partial charge < -0.3 is 9.64 Å². The summed E-state index contributed by atoms with van der Waals surface area (Å²) in [7, 11) is 1.64. The lowest BCUT2D eigenvalue weighted by Crippen LogP contribution is -2.30. The first-order valence-electron chi connectivity index (χ1n) is 7.63. The Labute approximate surface area is 149 Å². The molecule has 6 heteroatoms. The minimum absolute atomic E-state index is 0.0260. The lowest BCUT2D eigenvalue weighted by atomic mass is 10.2. The SMILES string of the molecule is CCN(Cc1cccs1)C(=O)c1csc(-c2ccc(OC)cc2)n1. The van der Waals surface area contributed by atoms with Gasteiger partial charge in [-0.3, -0.25) is 4.79 Å². The molecule has 0 aliphatic rings. The number of carbonyl (C=O) groups is 1. The first kappa shape index (κ1) is 16.7. The molecule has 2 heterocycles. The van der Waals surface area contributed by atoms with Gasteiger partial charge in [0, 0.05) is 22.4 Å². The highest BCUT2D eigenvalue weighted by Gasteiger charge is 2.18. The summed E-state index contributed by atoms with van der Waals surface area (Å²) in [6.45, 7) is 3.27. The van der Waals surface area contributed by atoms with E-state index in [2.05, 4.69) is 4.98 Å². The smallest absolute Gasteiger partial charge is 0.273 e. The van der Waals surface area contributed by atoms with Crippen molar-refractivity contribution in [3.8, 4) is 16.3 Å². The van der Waals surface area contributed by atoms with Crippen LogP contribution < -0.4 is 4.74 Å². The van der Waals surface area contributed by atoms with Crippen molar-refractivity contribution >= 4 is 28.6 Å². The zero-order chi connectivity index (χ0) is 16.9. The number of rotatable bonds is 6. The average Bonchev–Trinajstić information content (AvgIpc) is 3.31. The first-order chi connectivity index (χ1) is 11.7. The molecule has 0 saturated heterocycles. The Bertz CT molecular complexity index is 795. The molecule has 0 spiro atoms.